The summed E-state index contributed by atoms with van der Waals surface area (Å²) < 4.78 is 10.1. The van der Waals surface area contributed by atoms with Gasteiger partial charge in [0.15, 0.2) is 6.61 Å². The van der Waals surface area contributed by atoms with Crippen LogP contribution in [0.2, 0.25) is 0 Å². The Hall–Kier alpha value is -1.70. The molecule has 0 bridgehead atoms. The molecule has 5 nitrogen and oxygen atoms in total. The van der Waals surface area contributed by atoms with Crippen LogP contribution in [0.4, 0.5) is 4.79 Å². The van der Waals surface area contributed by atoms with E-state index >= 15 is 0 Å². The fourth-order valence-corrected chi connectivity index (χ4v) is 3.34. The van der Waals surface area contributed by atoms with Gasteiger partial charge in [0.1, 0.15) is 6.04 Å². The number of hydrogen-bond acceptors (Lipinski definition) is 4. The Balaban J connectivity index is 3.69. The first-order valence-corrected chi connectivity index (χ1v) is 12.2. The first-order valence-electron chi connectivity index (χ1n) is 12.2. The highest BCUT2D eigenvalue weighted by Crippen LogP contribution is 2.12. The summed E-state index contributed by atoms with van der Waals surface area (Å²) in [5.74, 6) is 1.84. The van der Waals surface area contributed by atoms with E-state index in [0.29, 0.717) is 13.0 Å². The maximum absolute atomic E-state index is 12.2. The summed E-state index contributed by atoms with van der Waals surface area (Å²) in [7, 11) is 0. The summed E-state index contributed by atoms with van der Waals surface area (Å²) in [6, 6.07) is -0.669. The van der Waals surface area contributed by atoms with Crippen LogP contribution in [0, 0.1) is 12.3 Å². The molecule has 0 aromatic rings. The Kier molecular flexibility index (Phi) is 20.7. The van der Waals surface area contributed by atoms with Gasteiger partial charge in [-0.3, -0.25) is 0 Å². The largest absolute Gasteiger partial charge is 0.464 e. The zero-order valence-corrected chi connectivity index (χ0v) is 19.5. The highest BCUT2D eigenvalue weighted by molar-refractivity contribution is 5.81. The van der Waals surface area contributed by atoms with Crippen LogP contribution >= 0.6 is 0 Å². The number of amides is 1. The number of nitrogens with one attached hydrogen (secondary N) is 1. The molecule has 0 rings (SSSR count). The summed E-state index contributed by atoms with van der Waals surface area (Å²) in [4.78, 5) is 23.9. The van der Waals surface area contributed by atoms with E-state index in [9.17, 15) is 9.59 Å². The van der Waals surface area contributed by atoms with Gasteiger partial charge in [0.05, 0.1) is 6.61 Å². The number of unbranched alkanes of at least 4 members (excludes halogenated alkanes) is 13. The van der Waals surface area contributed by atoms with Gasteiger partial charge < -0.3 is 14.8 Å². The van der Waals surface area contributed by atoms with Gasteiger partial charge in [0.25, 0.3) is 0 Å². The van der Waals surface area contributed by atoms with E-state index in [1.807, 2.05) is 6.92 Å². The minimum Gasteiger partial charge on any atom is -0.464 e. The standard InChI is InChI=1S/C25H45NO4/c1-4-7-9-10-11-12-13-14-15-16-17-18-19-22-29-24(27)23(20-8-5-2)26-25(28)30-21-6-3/h3,23H,4-5,7-22H2,1-2H3,(H,26,28). The fourth-order valence-electron chi connectivity index (χ4n) is 3.34. The number of alkyl carbamates (subject to hydrolysis) is 1. The van der Waals surface area contributed by atoms with Crippen LogP contribution in [0.25, 0.3) is 0 Å². The van der Waals surface area contributed by atoms with Crippen molar-refractivity contribution in [3.8, 4) is 12.3 Å². The highest BCUT2D eigenvalue weighted by atomic mass is 16.6. The van der Waals surface area contributed by atoms with Crippen molar-refractivity contribution in [2.75, 3.05) is 13.2 Å². The molecule has 0 saturated carbocycles. The first kappa shape index (κ1) is 28.3. The lowest BCUT2D eigenvalue weighted by molar-refractivity contribution is -0.146. The Morgan fingerprint density at radius 1 is 0.767 bits per heavy atom. The Labute approximate surface area is 185 Å². The second-order valence-corrected chi connectivity index (χ2v) is 8.03. The van der Waals surface area contributed by atoms with Crippen LogP contribution in [0.1, 0.15) is 117 Å². The molecule has 5 heteroatoms. The van der Waals surface area contributed by atoms with Crippen molar-refractivity contribution >= 4 is 12.1 Å². The molecule has 1 amide bonds. The van der Waals surface area contributed by atoms with Gasteiger partial charge in [0.2, 0.25) is 0 Å². The molecule has 0 heterocycles. The molecule has 1 atom stereocenters. The van der Waals surface area contributed by atoms with Crippen LogP contribution < -0.4 is 5.32 Å². The summed E-state index contributed by atoms with van der Waals surface area (Å²) >= 11 is 0. The normalized spacial score (nSPS) is 11.5. The molecule has 0 aliphatic carbocycles. The van der Waals surface area contributed by atoms with Crippen LogP contribution in [0.5, 0.6) is 0 Å². The molecule has 0 aromatic heterocycles. The molecular weight excluding hydrogens is 378 g/mol. The van der Waals surface area contributed by atoms with Crippen molar-refractivity contribution in [2.24, 2.45) is 0 Å². The van der Waals surface area contributed by atoms with Gasteiger partial charge in [-0.15, -0.1) is 6.42 Å². The Morgan fingerprint density at radius 2 is 1.27 bits per heavy atom. The summed E-state index contributed by atoms with van der Waals surface area (Å²) in [6.45, 7) is 4.58. The smallest absolute Gasteiger partial charge is 0.408 e. The predicted octanol–water partition coefficient (Wildman–Crippen LogP) is 6.54. The second-order valence-electron chi connectivity index (χ2n) is 8.03. The van der Waals surface area contributed by atoms with Gasteiger partial charge >= 0.3 is 12.1 Å². The zero-order chi connectivity index (χ0) is 22.3. The molecule has 0 aromatic carbocycles. The zero-order valence-electron chi connectivity index (χ0n) is 19.5. The molecule has 1 N–H and O–H groups in total. The van der Waals surface area contributed by atoms with Crippen LogP contribution in [-0.4, -0.2) is 31.3 Å². The van der Waals surface area contributed by atoms with Crippen molar-refractivity contribution in [1.29, 1.82) is 0 Å². The SMILES string of the molecule is C#CCOC(=O)NC(CCCC)C(=O)OCCCCCCCCCCCCCCC. The minimum absolute atomic E-state index is 0.111. The van der Waals surface area contributed by atoms with Crippen LogP contribution in [-0.2, 0) is 14.3 Å². The van der Waals surface area contributed by atoms with Gasteiger partial charge in [-0.1, -0.05) is 110 Å². The third-order valence-corrected chi connectivity index (χ3v) is 5.20. The average molecular weight is 424 g/mol. The molecule has 0 saturated heterocycles. The fraction of sp³-hybridized carbons (Fsp3) is 0.840. The number of carbonyl (C=O) groups excluding carboxylic acids is 2. The van der Waals surface area contributed by atoms with E-state index < -0.39 is 12.1 Å². The Bertz CT molecular complexity index is 459. The number of carbonyl (C=O) groups is 2. The van der Waals surface area contributed by atoms with E-state index in [0.717, 1.165) is 25.7 Å². The van der Waals surface area contributed by atoms with Crippen LogP contribution in [0.15, 0.2) is 0 Å². The van der Waals surface area contributed by atoms with E-state index in [1.165, 1.54) is 70.6 Å². The summed E-state index contributed by atoms with van der Waals surface area (Å²) in [6.07, 6.45) is 23.3. The molecule has 0 aliphatic rings. The quantitative estimate of drug-likeness (QED) is 0.137. The molecule has 174 valence electrons. The van der Waals surface area contributed by atoms with Gasteiger partial charge in [-0.2, -0.15) is 0 Å². The molecule has 1 unspecified atom stereocenters. The molecule has 0 fully saturated rings. The van der Waals surface area contributed by atoms with Crippen LogP contribution in [0.3, 0.4) is 0 Å². The lowest BCUT2D eigenvalue weighted by Gasteiger charge is -2.17. The number of ether oxygens (including phenoxy) is 2. The molecular formula is C25H45NO4. The maximum atomic E-state index is 12.2. The number of terminal acetylenes is 1. The minimum atomic E-state index is -0.674. The van der Waals surface area contributed by atoms with Crippen molar-refractivity contribution < 1.29 is 19.1 Å². The molecule has 30 heavy (non-hydrogen) atoms. The molecule has 0 aliphatic heterocycles. The van der Waals surface area contributed by atoms with Crippen molar-refractivity contribution in [3.05, 3.63) is 0 Å². The second kappa shape index (κ2) is 22.0. The average Bonchev–Trinajstić information content (AvgIpc) is 2.75. The van der Waals surface area contributed by atoms with Gasteiger partial charge in [-0.05, 0) is 12.8 Å². The summed E-state index contributed by atoms with van der Waals surface area (Å²) in [5.41, 5.74) is 0. The topological polar surface area (TPSA) is 64.6 Å². The van der Waals surface area contributed by atoms with Gasteiger partial charge in [0, 0.05) is 0 Å². The van der Waals surface area contributed by atoms with E-state index in [2.05, 4.69) is 18.2 Å². The number of esters is 1. The van der Waals surface area contributed by atoms with Crippen molar-refractivity contribution in [2.45, 2.75) is 123 Å². The monoisotopic (exact) mass is 423 g/mol. The van der Waals surface area contributed by atoms with Crippen molar-refractivity contribution in [1.82, 2.24) is 5.32 Å². The van der Waals surface area contributed by atoms with Gasteiger partial charge in [-0.25, -0.2) is 9.59 Å². The number of rotatable bonds is 20. The lowest BCUT2D eigenvalue weighted by Crippen LogP contribution is -2.42. The van der Waals surface area contributed by atoms with Crippen molar-refractivity contribution in [3.63, 3.8) is 0 Å². The first-order chi connectivity index (χ1) is 14.7. The van der Waals surface area contributed by atoms with E-state index in [4.69, 9.17) is 15.9 Å². The number of hydrogen-bond donors (Lipinski definition) is 1. The van der Waals surface area contributed by atoms with E-state index in [-0.39, 0.29) is 12.6 Å². The Morgan fingerprint density at radius 3 is 1.77 bits per heavy atom. The molecule has 0 radical (unpaired) electrons. The highest BCUT2D eigenvalue weighted by Gasteiger charge is 2.22. The van der Waals surface area contributed by atoms with E-state index in [1.54, 1.807) is 0 Å². The predicted molar refractivity (Wildman–Crippen MR) is 123 cm³/mol. The maximum Gasteiger partial charge on any atom is 0.408 e. The third kappa shape index (κ3) is 18.3. The third-order valence-electron chi connectivity index (χ3n) is 5.20. The molecule has 0 spiro atoms. The summed E-state index contributed by atoms with van der Waals surface area (Å²) in [5, 5.41) is 2.55. The lowest BCUT2D eigenvalue weighted by atomic mass is 10.0.